The molecule has 1 aromatic rings. The minimum absolute atomic E-state index is 0.0165. The number of ether oxygens (including phenoxy) is 2. The lowest BCUT2D eigenvalue weighted by molar-refractivity contribution is -0.129. The van der Waals surface area contributed by atoms with Crippen LogP contribution in [-0.4, -0.2) is 25.2 Å². The summed E-state index contributed by atoms with van der Waals surface area (Å²) in [5, 5.41) is 3.21. The molecular formula is C18H25NO3. The van der Waals surface area contributed by atoms with Crippen molar-refractivity contribution in [3.63, 3.8) is 0 Å². The lowest BCUT2D eigenvalue weighted by atomic mass is 9.95. The molecule has 2 saturated carbocycles. The lowest BCUT2D eigenvalue weighted by Gasteiger charge is -2.25. The Kier molecular flexibility index (Phi) is 4.55. The van der Waals surface area contributed by atoms with E-state index in [0.29, 0.717) is 24.1 Å². The molecule has 22 heavy (non-hydrogen) atoms. The van der Waals surface area contributed by atoms with Crippen molar-refractivity contribution in [2.45, 2.75) is 51.2 Å². The van der Waals surface area contributed by atoms with Gasteiger partial charge in [0, 0.05) is 12.1 Å². The van der Waals surface area contributed by atoms with E-state index in [2.05, 4.69) is 5.32 Å². The van der Waals surface area contributed by atoms with Crippen molar-refractivity contribution in [2.24, 2.45) is 11.8 Å². The number of rotatable bonds is 6. The molecular weight excluding hydrogens is 278 g/mol. The third-order valence-electron chi connectivity index (χ3n) is 5.05. The maximum absolute atomic E-state index is 12.5. The first-order chi connectivity index (χ1) is 10.7. The number of methoxy groups -OCH3 is 1. The summed E-state index contributed by atoms with van der Waals surface area (Å²) < 4.78 is 11.1. The Labute approximate surface area is 132 Å². The predicted octanol–water partition coefficient (Wildman–Crippen LogP) is 3.16. The molecule has 0 heterocycles. The van der Waals surface area contributed by atoms with Gasteiger partial charge in [-0.3, -0.25) is 4.79 Å². The van der Waals surface area contributed by atoms with Crippen LogP contribution in [0.25, 0.3) is 0 Å². The Bertz CT molecular complexity index is 531. The average Bonchev–Trinajstić information content (AvgIpc) is 3.15. The molecule has 0 spiro atoms. The van der Waals surface area contributed by atoms with E-state index in [9.17, 15) is 4.79 Å². The first-order valence-electron chi connectivity index (χ1n) is 8.30. The Morgan fingerprint density at radius 2 is 2.14 bits per heavy atom. The zero-order chi connectivity index (χ0) is 15.5. The number of benzene rings is 1. The molecule has 2 fully saturated rings. The zero-order valence-corrected chi connectivity index (χ0v) is 13.4. The number of carbonyl (C=O) groups is 1. The fourth-order valence-electron chi connectivity index (χ4n) is 3.86. The van der Waals surface area contributed by atoms with Gasteiger partial charge in [0.25, 0.3) is 5.91 Å². The first-order valence-corrected chi connectivity index (χ1v) is 8.30. The molecule has 1 amide bonds. The molecule has 0 unspecified atom stereocenters. The van der Waals surface area contributed by atoms with E-state index in [1.807, 2.05) is 31.2 Å². The fourth-order valence-corrected chi connectivity index (χ4v) is 3.86. The zero-order valence-electron chi connectivity index (χ0n) is 13.4. The summed E-state index contributed by atoms with van der Waals surface area (Å²) in [7, 11) is 1.62. The van der Waals surface area contributed by atoms with Crippen LogP contribution in [0.4, 0.5) is 0 Å². The minimum Gasteiger partial charge on any atom is -0.497 e. The molecule has 0 aliphatic heterocycles. The summed E-state index contributed by atoms with van der Waals surface area (Å²) >= 11 is 0. The van der Waals surface area contributed by atoms with Gasteiger partial charge >= 0.3 is 0 Å². The van der Waals surface area contributed by atoms with Crippen LogP contribution in [0.1, 0.15) is 39.0 Å². The van der Waals surface area contributed by atoms with Crippen molar-refractivity contribution >= 4 is 5.91 Å². The van der Waals surface area contributed by atoms with Gasteiger partial charge in [-0.2, -0.15) is 0 Å². The quantitative estimate of drug-likeness (QED) is 0.878. The van der Waals surface area contributed by atoms with E-state index in [1.54, 1.807) is 7.11 Å². The highest BCUT2D eigenvalue weighted by atomic mass is 16.5. The van der Waals surface area contributed by atoms with Crippen molar-refractivity contribution in [2.75, 3.05) is 7.11 Å². The van der Waals surface area contributed by atoms with Crippen LogP contribution in [0.5, 0.6) is 11.5 Å². The van der Waals surface area contributed by atoms with Gasteiger partial charge in [-0.1, -0.05) is 19.4 Å². The number of amides is 1. The second-order valence-corrected chi connectivity index (χ2v) is 6.48. The largest absolute Gasteiger partial charge is 0.497 e. The first kappa shape index (κ1) is 15.2. The van der Waals surface area contributed by atoms with Crippen LogP contribution in [0.3, 0.4) is 0 Å². The number of fused-ring (bicyclic) bond motifs is 2. The topological polar surface area (TPSA) is 47.6 Å². The maximum Gasteiger partial charge on any atom is 0.261 e. The molecule has 2 bridgehead atoms. The van der Waals surface area contributed by atoms with Gasteiger partial charge < -0.3 is 14.8 Å². The monoisotopic (exact) mass is 303 g/mol. The van der Waals surface area contributed by atoms with Gasteiger partial charge in [0.1, 0.15) is 11.5 Å². The van der Waals surface area contributed by atoms with Gasteiger partial charge in [-0.15, -0.1) is 0 Å². The van der Waals surface area contributed by atoms with E-state index < -0.39 is 6.10 Å². The van der Waals surface area contributed by atoms with Gasteiger partial charge in [0.05, 0.1) is 7.11 Å². The third-order valence-corrected chi connectivity index (χ3v) is 5.05. The molecule has 1 aromatic carbocycles. The Morgan fingerprint density at radius 1 is 1.32 bits per heavy atom. The third kappa shape index (κ3) is 3.21. The summed E-state index contributed by atoms with van der Waals surface area (Å²) in [4.78, 5) is 12.5. The minimum atomic E-state index is -0.439. The summed E-state index contributed by atoms with van der Waals surface area (Å²) in [5.74, 6) is 2.94. The molecule has 3 rings (SSSR count). The van der Waals surface area contributed by atoms with Crippen molar-refractivity contribution in [1.82, 2.24) is 5.32 Å². The molecule has 2 aliphatic rings. The number of hydrogen-bond acceptors (Lipinski definition) is 3. The Hall–Kier alpha value is -1.71. The van der Waals surface area contributed by atoms with E-state index in [-0.39, 0.29) is 5.91 Å². The molecule has 0 saturated heterocycles. The molecule has 4 atom stereocenters. The SMILES string of the molecule is CC[C@@H](Oc1cccc(OC)c1)C(=O)N[C@H]1C[C@H]2CC[C@H]1C2. The van der Waals surface area contributed by atoms with E-state index >= 15 is 0 Å². The van der Waals surface area contributed by atoms with E-state index in [0.717, 1.165) is 18.1 Å². The highest BCUT2D eigenvalue weighted by Crippen LogP contribution is 2.44. The van der Waals surface area contributed by atoms with Crippen LogP contribution >= 0.6 is 0 Å². The van der Waals surface area contributed by atoms with E-state index in [4.69, 9.17) is 9.47 Å². The van der Waals surface area contributed by atoms with Crippen molar-refractivity contribution < 1.29 is 14.3 Å². The molecule has 120 valence electrons. The summed E-state index contributed by atoms with van der Waals surface area (Å²) in [6.07, 6.45) is 5.26. The van der Waals surface area contributed by atoms with Crippen molar-refractivity contribution in [3.8, 4) is 11.5 Å². The van der Waals surface area contributed by atoms with Crippen LogP contribution in [-0.2, 0) is 4.79 Å². The molecule has 0 radical (unpaired) electrons. The van der Waals surface area contributed by atoms with Gasteiger partial charge in [-0.25, -0.2) is 0 Å². The predicted molar refractivity (Wildman–Crippen MR) is 85.1 cm³/mol. The molecule has 1 N–H and O–H groups in total. The molecule has 4 heteroatoms. The van der Waals surface area contributed by atoms with Crippen molar-refractivity contribution in [1.29, 1.82) is 0 Å². The fraction of sp³-hybridized carbons (Fsp3) is 0.611. The van der Waals surface area contributed by atoms with Gasteiger partial charge in [0.15, 0.2) is 6.10 Å². The van der Waals surface area contributed by atoms with Gasteiger partial charge in [-0.05, 0) is 49.7 Å². The Balaban J connectivity index is 1.59. The van der Waals surface area contributed by atoms with Gasteiger partial charge in [0.2, 0.25) is 0 Å². The standard InChI is InChI=1S/C18H25NO3/c1-3-17(22-15-6-4-5-14(11-15)21-2)18(20)19-16-10-12-7-8-13(16)9-12/h4-6,11-13,16-17H,3,7-10H2,1-2H3,(H,19,20)/t12-,13-,16-,17+/m0/s1. The second-order valence-electron chi connectivity index (χ2n) is 6.48. The highest BCUT2D eigenvalue weighted by Gasteiger charge is 2.40. The smallest absolute Gasteiger partial charge is 0.261 e. The van der Waals surface area contributed by atoms with Crippen LogP contribution in [0.15, 0.2) is 24.3 Å². The summed E-state index contributed by atoms with van der Waals surface area (Å²) in [6.45, 7) is 1.98. The average molecular weight is 303 g/mol. The van der Waals surface area contributed by atoms with Crippen LogP contribution in [0, 0.1) is 11.8 Å². The lowest BCUT2D eigenvalue weighted by Crippen LogP contribution is -2.45. The summed E-state index contributed by atoms with van der Waals surface area (Å²) in [6, 6.07) is 7.76. The number of nitrogens with one attached hydrogen (secondary N) is 1. The normalized spacial score (nSPS) is 27.5. The Morgan fingerprint density at radius 3 is 2.77 bits per heavy atom. The number of carbonyl (C=O) groups excluding carboxylic acids is 1. The van der Waals surface area contributed by atoms with Crippen LogP contribution < -0.4 is 14.8 Å². The van der Waals surface area contributed by atoms with Crippen molar-refractivity contribution in [3.05, 3.63) is 24.3 Å². The number of hydrogen-bond donors (Lipinski definition) is 1. The molecule has 4 nitrogen and oxygen atoms in total. The van der Waals surface area contributed by atoms with Crippen LogP contribution in [0.2, 0.25) is 0 Å². The highest BCUT2D eigenvalue weighted by molar-refractivity contribution is 5.81. The second kappa shape index (κ2) is 6.59. The maximum atomic E-state index is 12.5. The molecule has 2 aliphatic carbocycles. The summed E-state index contributed by atoms with van der Waals surface area (Å²) in [5.41, 5.74) is 0. The molecule has 0 aromatic heterocycles. The van der Waals surface area contributed by atoms with E-state index in [1.165, 1.54) is 19.3 Å².